The van der Waals surface area contributed by atoms with E-state index in [9.17, 15) is 9.90 Å². The van der Waals surface area contributed by atoms with E-state index in [0.29, 0.717) is 34.1 Å². The molecule has 0 atom stereocenters. The normalized spacial score (nSPS) is 10.5. The Hall–Kier alpha value is -4.26. The van der Waals surface area contributed by atoms with Crippen LogP contribution in [-0.2, 0) is 4.74 Å². The number of methoxy groups -OCH3 is 2. The van der Waals surface area contributed by atoms with Gasteiger partial charge in [-0.3, -0.25) is 0 Å². The summed E-state index contributed by atoms with van der Waals surface area (Å²) in [6.07, 6.45) is 0. The van der Waals surface area contributed by atoms with Crippen LogP contribution < -0.4 is 4.74 Å². The number of hydrogen-bond donors (Lipinski definition) is 1. The zero-order chi connectivity index (χ0) is 21.8. The van der Waals surface area contributed by atoms with Crippen LogP contribution >= 0.6 is 0 Å². The number of carbonyl (C=O) groups is 1. The van der Waals surface area contributed by atoms with Gasteiger partial charge in [0.05, 0.1) is 25.3 Å². The molecule has 154 valence electrons. The summed E-state index contributed by atoms with van der Waals surface area (Å²) in [5.41, 5.74) is 2.02. The molecule has 0 spiro atoms. The van der Waals surface area contributed by atoms with Crippen LogP contribution in [0.5, 0.6) is 11.5 Å². The van der Waals surface area contributed by atoms with Crippen molar-refractivity contribution in [2.45, 2.75) is 0 Å². The topological polar surface area (TPSA) is 94.4 Å². The van der Waals surface area contributed by atoms with Gasteiger partial charge in [-0.05, 0) is 18.2 Å². The first kappa shape index (κ1) is 20.0. The van der Waals surface area contributed by atoms with Crippen molar-refractivity contribution >= 4 is 5.97 Å². The number of carbonyl (C=O) groups excluding carboxylic acids is 1. The van der Waals surface area contributed by atoms with Gasteiger partial charge >= 0.3 is 5.97 Å². The average Bonchev–Trinajstić information content (AvgIpc) is 2.83. The SMILES string of the molecule is COC(=O)c1ccccc1-c1nc(-c2ccccc2)nc(-c2ccc(OC)cc2O)n1. The molecule has 0 unspecified atom stereocenters. The fraction of sp³-hybridized carbons (Fsp3) is 0.0833. The zero-order valence-corrected chi connectivity index (χ0v) is 16.9. The van der Waals surface area contributed by atoms with Gasteiger partial charge in [-0.1, -0.05) is 48.5 Å². The lowest BCUT2D eigenvalue weighted by molar-refractivity contribution is 0.0601. The molecule has 0 bridgehead atoms. The van der Waals surface area contributed by atoms with E-state index in [0.717, 1.165) is 5.56 Å². The number of aromatic hydroxyl groups is 1. The van der Waals surface area contributed by atoms with Crippen LogP contribution in [0.3, 0.4) is 0 Å². The number of ether oxygens (including phenoxy) is 2. The highest BCUT2D eigenvalue weighted by Gasteiger charge is 2.19. The summed E-state index contributed by atoms with van der Waals surface area (Å²) in [7, 11) is 2.84. The monoisotopic (exact) mass is 413 g/mol. The first-order chi connectivity index (χ1) is 15.1. The molecule has 1 N–H and O–H groups in total. The van der Waals surface area contributed by atoms with Crippen LogP contribution in [0.2, 0.25) is 0 Å². The second-order valence-corrected chi connectivity index (χ2v) is 6.59. The number of hydrogen-bond acceptors (Lipinski definition) is 7. The van der Waals surface area contributed by atoms with E-state index in [-0.39, 0.29) is 11.6 Å². The van der Waals surface area contributed by atoms with Crippen LogP contribution in [0.15, 0.2) is 72.8 Å². The van der Waals surface area contributed by atoms with Gasteiger partial charge in [-0.2, -0.15) is 0 Å². The van der Waals surface area contributed by atoms with Gasteiger partial charge < -0.3 is 14.6 Å². The van der Waals surface area contributed by atoms with Crippen LogP contribution in [0.4, 0.5) is 0 Å². The summed E-state index contributed by atoms with van der Waals surface area (Å²) in [4.78, 5) is 26.0. The van der Waals surface area contributed by atoms with E-state index >= 15 is 0 Å². The van der Waals surface area contributed by atoms with Gasteiger partial charge in [0.1, 0.15) is 11.5 Å². The molecular weight excluding hydrogens is 394 g/mol. The van der Waals surface area contributed by atoms with Gasteiger partial charge in [0.25, 0.3) is 0 Å². The van der Waals surface area contributed by atoms with E-state index in [4.69, 9.17) is 9.47 Å². The Kier molecular flexibility index (Phi) is 5.57. The average molecular weight is 413 g/mol. The Bertz CT molecular complexity index is 1240. The molecule has 1 aromatic heterocycles. The standard InChI is InChI=1S/C24H19N3O4/c1-30-16-12-13-19(20(28)14-16)23-26-21(15-8-4-3-5-9-15)25-22(27-23)17-10-6-7-11-18(17)24(29)31-2/h3-14,28H,1-2H3. The molecule has 0 aliphatic rings. The minimum atomic E-state index is -0.494. The lowest BCUT2D eigenvalue weighted by Gasteiger charge is -2.11. The van der Waals surface area contributed by atoms with Crippen molar-refractivity contribution < 1.29 is 19.4 Å². The maximum absolute atomic E-state index is 12.3. The number of phenols is 1. The molecule has 0 fully saturated rings. The number of aromatic nitrogens is 3. The summed E-state index contributed by atoms with van der Waals surface area (Å²) in [6.45, 7) is 0. The summed E-state index contributed by atoms with van der Waals surface area (Å²) >= 11 is 0. The molecule has 7 heteroatoms. The van der Waals surface area contributed by atoms with Crippen LogP contribution in [0.1, 0.15) is 10.4 Å². The Balaban J connectivity index is 1.95. The Morgan fingerprint density at radius 1 is 0.774 bits per heavy atom. The van der Waals surface area contributed by atoms with Crippen LogP contribution in [-0.4, -0.2) is 40.2 Å². The minimum absolute atomic E-state index is 0.0308. The first-order valence-corrected chi connectivity index (χ1v) is 9.47. The van der Waals surface area contributed by atoms with E-state index in [1.165, 1.54) is 20.3 Å². The third-order valence-corrected chi connectivity index (χ3v) is 4.69. The van der Waals surface area contributed by atoms with Crippen molar-refractivity contribution in [2.75, 3.05) is 14.2 Å². The number of rotatable bonds is 5. The fourth-order valence-corrected chi connectivity index (χ4v) is 3.13. The highest BCUT2D eigenvalue weighted by molar-refractivity contribution is 5.96. The summed E-state index contributed by atoms with van der Waals surface area (Å²) < 4.78 is 10.1. The summed E-state index contributed by atoms with van der Waals surface area (Å²) in [5, 5.41) is 10.5. The molecule has 3 aromatic carbocycles. The van der Waals surface area contributed by atoms with E-state index in [2.05, 4.69) is 15.0 Å². The summed E-state index contributed by atoms with van der Waals surface area (Å²) in [5.74, 6) is 0.956. The molecule has 0 aliphatic heterocycles. The van der Waals surface area contributed by atoms with Crippen molar-refractivity contribution in [3.63, 3.8) is 0 Å². The molecule has 4 aromatic rings. The van der Waals surface area contributed by atoms with Gasteiger partial charge in [0.15, 0.2) is 17.5 Å². The van der Waals surface area contributed by atoms with Crippen molar-refractivity contribution in [1.82, 2.24) is 15.0 Å². The highest BCUT2D eigenvalue weighted by atomic mass is 16.5. The molecule has 0 amide bonds. The van der Waals surface area contributed by atoms with Gasteiger partial charge in [-0.15, -0.1) is 0 Å². The maximum Gasteiger partial charge on any atom is 0.338 e. The molecule has 0 aliphatic carbocycles. The molecular formula is C24H19N3O4. The minimum Gasteiger partial charge on any atom is -0.507 e. The number of phenolic OH excluding ortho intramolecular Hbond substituents is 1. The first-order valence-electron chi connectivity index (χ1n) is 9.47. The molecule has 1 heterocycles. The second kappa shape index (κ2) is 8.62. The lowest BCUT2D eigenvalue weighted by atomic mass is 10.1. The fourth-order valence-electron chi connectivity index (χ4n) is 3.13. The smallest absolute Gasteiger partial charge is 0.338 e. The molecule has 7 nitrogen and oxygen atoms in total. The van der Waals surface area contributed by atoms with Crippen molar-refractivity contribution in [3.8, 4) is 45.7 Å². The van der Waals surface area contributed by atoms with E-state index < -0.39 is 5.97 Å². The third kappa shape index (κ3) is 4.06. The number of nitrogens with zero attached hydrogens (tertiary/aromatic N) is 3. The van der Waals surface area contributed by atoms with Crippen molar-refractivity contribution in [2.24, 2.45) is 0 Å². The third-order valence-electron chi connectivity index (χ3n) is 4.69. The van der Waals surface area contributed by atoms with Gasteiger partial charge in [-0.25, -0.2) is 19.7 Å². The number of benzene rings is 3. The largest absolute Gasteiger partial charge is 0.507 e. The Morgan fingerprint density at radius 3 is 2.10 bits per heavy atom. The second-order valence-electron chi connectivity index (χ2n) is 6.59. The predicted molar refractivity (Wildman–Crippen MR) is 116 cm³/mol. The molecule has 0 saturated carbocycles. The Labute approximate surface area is 179 Å². The highest BCUT2D eigenvalue weighted by Crippen LogP contribution is 2.33. The lowest BCUT2D eigenvalue weighted by Crippen LogP contribution is -2.06. The molecule has 0 saturated heterocycles. The van der Waals surface area contributed by atoms with Gasteiger partial charge in [0, 0.05) is 17.2 Å². The predicted octanol–water partition coefficient (Wildman–Crippen LogP) is 4.37. The van der Waals surface area contributed by atoms with Crippen molar-refractivity contribution in [1.29, 1.82) is 0 Å². The van der Waals surface area contributed by atoms with Crippen LogP contribution in [0.25, 0.3) is 34.2 Å². The zero-order valence-electron chi connectivity index (χ0n) is 16.9. The van der Waals surface area contributed by atoms with Crippen LogP contribution in [0, 0.1) is 0 Å². The maximum atomic E-state index is 12.3. The van der Waals surface area contributed by atoms with Crippen molar-refractivity contribution in [3.05, 3.63) is 78.4 Å². The molecule has 0 radical (unpaired) electrons. The van der Waals surface area contributed by atoms with E-state index in [1.807, 2.05) is 30.3 Å². The number of esters is 1. The molecule has 31 heavy (non-hydrogen) atoms. The summed E-state index contributed by atoms with van der Waals surface area (Å²) in [6, 6.07) is 21.2. The quantitative estimate of drug-likeness (QED) is 0.485. The Morgan fingerprint density at radius 2 is 1.42 bits per heavy atom. The van der Waals surface area contributed by atoms with E-state index in [1.54, 1.807) is 36.4 Å². The van der Waals surface area contributed by atoms with Gasteiger partial charge in [0.2, 0.25) is 0 Å². The molecule has 4 rings (SSSR count).